The third-order valence-electron chi connectivity index (χ3n) is 8.37. The van der Waals surface area contributed by atoms with E-state index in [-0.39, 0.29) is 0 Å². The summed E-state index contributed by atoms with van der Waals surface area (Å²) in [7, 11) is 0. The largest absolute Gasteiger partial charge is 0.237 e. The SMILES string of the molecule is c1ccc2c(c1)-c1ccccc1-c1c(cccc1-c1cccc3c1sc1ccccc13)-c1c-2cnc2ncccc12. The van der Waals surface area contributed by atoms with E-state index < -0.39 is 0 Å². The van der Waals surface area contributed by atoms with Crippen molar-refractivity contribution in [1.29, 1.82) is 0 Å². The maximum atomic E-state index is 4.83. The molecular weight excluding hydrogens is 516 g/mol. The maximum Gasteiger partial charge on any atom is 0.159 e. The number of aromatic nitrogens is 2. The zero-order valence-electron chi connectivity index (χ0n) is 22.0. The molecule has 3 heteroatoms. The van der Waals surface area contributed by atoms with Crippen molar-refractivity contribution in [2.75, 3.05) is 0 Å². The van der Waals surface area contributed by atoms with Crippen LogP contribution in [0.2, 0.25) is 0 Å². The van der Waals surface area contributed by atoms with Crippen LogP contribution in [0.1, 0.15) is 0 Å². The number of nitrogens with zero attached hydrogens (tertiary/aromatic N) is 2. The minimum absolute atomic E-state index is 0.764. The Kier molecular flexibility index (Phi) is 4.80. The molecule has 190 valence electrons. The van der Waals surface area contributed by atoms with Crippen molar-refractivity contribution < 1.29 is 0 Å². The molecule has 5 aromatic carbocycles. The molecule has 0 amide bonds. The molecule has 0 aliphatic heterocycles. The van der Waals surface area contributed by atoms with Crippen LogP contribution in [0, 0.1) is 0 Å². The second kappa shape index (κ2) is 8.69. The number of benzene rings is 5. The number of fused-ring (bicyclic) bond motifs is 13. The highest BCUT2D eigenvalue weighted by molar-refractivity contribution is 7.26. The average molecular weight is 539 g/mol. The second-order valence-corrected chi connectivity index (χ2v) is 11.6. The molecule has 0 bridgehead atoms. The van der Waals surface area contributed by atoms with Crippen LogP contribution in [0.4, 0.5) is 0 Å². The van der Waals surface area contributed by atoms with Gasteiger partial charge in [0, 0.05) is 54.6 Å². The number of hydrogen-bond acceptors (Lipinski definition) is 3. The van der Waals surface area contributed by atoms with Crippen LogP contribution in [0.5, 0.6) is 0 Å². The first kappa shape index (κ1) is 22.7. The van der Waals surface area contributed by atoms with E-state index in [1.54, 1.807) is 0 Å². The molecule has 8 aromatic rings. The van der Waals surface area contributed by atoms with Crippen molar-refractivity contribution in [2.45, 2.75) is 0 Å². The fraction of sp³-hybridized carbons (Fsp3) is 0. The predicted molar refractivity (Wildman–Crippen MR) is 173 cm³/mol. The molecule has 1 aliphatic carbocycles. The highest BCUT2D eigenvalue weighted by Crippen LogP contribution is 2.53. The van der Waals surface area contributed by atoms with Gasteiger partial charge in [-0.15, -0.1) is 11.3 Å². The van der Waals surface area contributed by atoms with Crippen LogP contribution < -0.4 is 0 Å². The third-order valence-corrected chi connectivity index (χ3v) is 9.59. The summed E-state index contributed by atoms with van der Waals surface area (Å²) >= 11 is 1.88. The van der Waals surface area contributed by atoms with Gasteiger partial charge in [-0.05, 0) is 57.1 Å². The molecule has 0 unspecified atom stereocenters. The highest BCUT2D eigenvalue weighted by atomic mass is 32.1. The van der Waals surface area contributed by atoms with Crippen LogP contribution in [0.3, 0.4) is 0 Å². The maximum absolute atomic E-state index is 4.83. The van der Waals surface area contributed by atoms with Gasteiger partial charge in [0.05, 0.1) is 0 Å². The number of thiophene rings is 1. The molecular formula is C38H22N2S. The van der Waals surface area contributed by atoms with Crippen LogP contribution >= 0.6 is 11.3 Å². The lowest BCUT2D eigenvalue weighted by atomic mass is 9.78. The summed E-state index contributed by atoms with van der Waals surface area (Å²) in [5.74, 6) is 0. The summed E-state index contributed by atoms with van der Waals surface area (Å²) < 4.78 is 2.64. The van der Waals surface area contributed by atoms with E-state index in [1.165, 1.54) is 70.2 Å². The molecule has 1 aliphatic rings. The van der Waals surface area contributed by atoms with Crippen LogP contribution in [0.25, 0.3) is 86.8 Å². The fourth-order valence-electron chi connectivity index (χ4n) is 6.65. The topological polar surface area (TPSA) is 25.8 Å². The van der Waals surface area contributed by atoms with Crippen molar-refractivity contribution in [3.05, 3.63) is 134 Å². The van der Waals surface area contributed by atoms with Gasteiger partial charge in [0.1, 0.15) is 0 Å². The molecule has 0 N–H and O–H groups in total. The van der Waals surface area contributed by atoms with Crippen molar-refractivity contribution in [3.63, 3.8) is 0 Å². The monoisotopic (exact) mass is 538 g/mol. The van der Waals surface area contributed by atoms with Gasteiger partial charge in [-0.25, -0.2) is 9.97 Å². The van der Waals surface area contributed by atoms with Gasteiger partial charge in [-0.3, -0.25) is 0 Å². The van der Waals surface area contributed by atoms with Crippen LogP contribution in [-0.2, 0) is 0 Å². The summed E-state index contributed by atoms with van der Waals surface area (Å²) in [4.78, 5) is 9.48. The summed E-state index contributed by atoms with van der Waals surface area (Å²) in [5, 5.41) is 3.69. The predicted octanol–water partition coefficient (Wildman–Crippen LogP) is 10.6. The summed E-state index contributed by atoms with van der Waals surface area (Å²) in [6.07, 6.45) is 3.84. The normalized spacial score (nSPS) is 11.9. The van der Waals surface area contributed by atoms with E-state index in [0.717, 1.165) is 16.6 Å². The molecule has 3 aromatic heterocycles. The van der Waals surface area contributed by atoms with Crippen molar-refractivity contribution >= 4 is 42.5 Å². The third kappa shape index (κ3) is 3.24. The molecule has 0 saturated carbocycles. The Labute approximate surface area is 241 Å². The van der Waals surface area contributed by atoms with E-state index in [2.05, 4.69) is 120 Å². The van der Waals surface area contributed by atoms with Gasteiger partial charge in [0.15, 0.2) is 5.65 Å². The zero-order chi connectivity index (χ0) is 26.9. The molecule has 0 radical (unpaired) electrons. The Morgan fingerprint density at radius 3 is 1.88 bits per heavy atom. The van der Waals surface area contributed by atoms with E-state index in [9.17, 15) is 0 Å². The number of hydrogen-bond donors (Lipinski definition) is 0. The van der Waals surface area contributed by atoms with Crippen molar-refractivity contribution in [1.82, 2.24) is 9.97 Å². The minimum atomic E-state index is 0.764. The van der Waals surface area contributed by atoms with Gasteiger partial charge in [0.25, 0.3) is 0 Å². The minimum Gasteiger partial charge on any atom is -0.237 e. The molecule has 9 rings (SSSR count). The number of rotatable bonds is 1. The molecule has 0 atom stereocenters. The summed E-state index contributed by atoms with van der Waals surface area (Å²) in [6.45, 7) is 0. The Hall–Kier alpha value is -5.12. The smallest absolute Gasteiger partial charge is 0.159 e. The van der Waals surface area contributed by atoms with E-state index in [4.69, 9.17) is 4.98 Å². The van der Waals surface area contributed by atoms with E-state index >= 15 is 0 Å². The summed E-state index contributed by atoms with van der Waals surface area (Å²) in [5.41, 5.74) is 12.9. The molecule has 3 heterocycles. The lowest BCUT2D eigenvalue weighted by Crippen LogP contribution is -2.00. The molecule has 0 fully saturated rings. The van der Waals surface area contributed by atoms with Gasteiger partial charge in [0.2, 0.25) is 0 Å². The highest BCUT2D eigenvalue weighted by Gasteiger charge is 2.26. The van der Waals surface area contributed by atoms with Gasteiger partial charge >= 0.3 is 0 Å². The number of pyridine rings is 2. The van der Waals surface area contributed by atoms with Gasteiger partial charge in [-0.2, -0.15) is 0 Å². The Morgan fingerprint density at radius 2 is 1.00 bits per heavy atom. The lowest BCUT2D eigenvalue weighted by molar-refractivity contribution is 1.29. The van der Waals surface area contributed by atoms with Crippen molar-refractivity contribution in [3.8, 4) is 55.6 Å². The van der Waals surface area contributed by atoms with Gasteiger partial charge < -0.3 is 0 Å². The first-order valence-corrected chi connectivity index (χ1v) is 14.7. The molecule has 0 spiro atoms. The zero-order valence-corrected chi connectivity index (χ0v) is 22.8. The van der Waals surface area contributed by atoms with Crippen molar-refractivity contribution in [2.24, 2.45) is 0 Å². The Balaban J connectivity index is 1.49. The average Bonchev–Trinajstić information content (AvgIpc) is 3.42. The first-order chi connectivity index (χ1) is 20.4. The van der Waals surface area contributed by atoms with E-state index in [1.807, 2.05) is 29.8 Å². The van der Waals surface area contributed by atoms with Crippen LogP contribution in [-0.4, -0.2) is 9.97 Å². The molecule has 41 heavy (non-hydrogen) atoms. The lowest BCUT2D eigenvalue weighted by Gasteiger charge is -2.25. The second-order valence-electron chi connectivity index (χ2n) is 10.5. The Morgan fingerprint density at radius 1 is 0.390 bits per heavy atom. The molecule has 2 nitrogen and oxygen atoms in total. The standard InChI is InChI=1S/C38H22N2S/c1-2-12-25-23(10-1)24-11-3-4-14-27(24)35-28(30-17-8-16-29-26-13-5-6-20-34(26)41-37(29)30)15-7-18-31(35)36-32-19-9-21-39-38(32)40-22-33(25)36/h1-22H. The summed E-state index contributed by atoms with van der Waals surface area (Å²) in [6, 6.07) is 44.0. The quantitative estimate of drug-likeness (QED) is 0.208. The first-order valence-electron chi connectivity index (χ1n) is 13.8. The van der Waals surface area contributed by atoms with Gasteiger partial charge in [-0.1, -0.05) is 103 Å². The fourth-order valence-corrected chi connectivity index (χ4v) is 7.88. The molecule has 0 saturated heterocycles. The van der Waals surface area contributed by atoms with Crippen LogP contribution in [0.15, 0.2) is 134 Å². The van der Waals surface area contributed by atoms with E-state index in [0.29, 0.717) is 0 Å². The Bertz CT molecular complexity index is 2330.